The molecule has 0 bridgehead atoms. The summed E-state index contributed by atoms with van der Waals surface area (Å²) in [5.41, 5.74) is 2.52. The van der Waals surface area contributed by atoms with Crippen molar-refractivity contribution in [1.29, 1.82) is 0 Å². The molecular formula is C12H14ClN3O. The lowest BCUT2D eigenvalue weighted by molar-refractivity contribution is 0.615. The lowest BCUT2D eigenvalue weighted by Crippen LogP contribution is -2.19. The lowest BCUT2D eigenvalue weighted by atomic mass is 10.1. The van der Waals surface area contributed by atoms with E-state index in [4.69, 9.17) is 11.6 Å². The maximum absolute atomic E-state index is 11.1. The van der Waals surface area contributed by atoms with Crippen LogP contribution in [0.3, 0.4) is 0 Å². The largest absolute Gasteiger partial charge is 0.323 e. The van der Waals surface area contributed by atoms with Gasteiger partial charge in [-0.1, -0.05) is 24.2 Å². The van der Waals surface area contributed by atoms with E-state index >= 15 is 0 Å². The molecule has 0 aliphatic rings. The fourth-order valence-corrected chi connectivity index (χ4v) is 1.78. The standard InChI is InChI=1S/C12H14ClN3O/c1-7(13)6-14-8(2)9-3-4-10-11(5-9)16-12(17)15-10/h3-5,8,14H,1,6H2,2H3,(H2,15,16,17). The van der Waals surface area contributed by atoms with Gasteiger partial charge in [-0.25, -0.2) is 4.79 Å². The van der Waals surface area contributed by atoms with E-state index in [2.05, 4.69) is 21.9 Å². The Labute approximate surface area is 104 Å². The molecule has 1 aromatic heterocycles. The van der Waals surface area contributed by atoms with Crippen molar-refractivity contribution in [2.45, 2.75) is 13.0 Å². The molecule has 0 aliphatic carbocycles. The molecule has 5 heteroatoms. The monoisotopic (exact) mass is 251 g/mol. The van der Waals surface area contributed by atoms with Crippen LogP contribution in [0.15, 0.2) is 34.6 Å². The Kier molecular flexibility index (Phi) is 3.36. The van der Waals surface area contributed by atoms with E-state index in [1.807, 2.05) is 25.1 Å². The molecule has 17 heavy (non-hydrogen) atoms. The first-order chi connectivity index (χ1) is 8.06. The summed E-state index contributed by atoms with van der Waals surface area (Å²) in [6, 6.07) is 5.95. The van der Waals surface area contributed by atoms with Gasteiger partial charge in [-0.05, 0) is 24.6 Å². The first-order valence-corrected chi connectivity index (χ1v) is 5.72. The van der Waals surface area contributed by atoms with Gasteiger partial charge in [0.1, 0.15) is 0 Å². The Balaban J connectivity index is 2.23. The summed E-state index contributed by atoms with van der Waals surface area (Å²) in [4.78, 5) is 16.6. The van der Waals surface area contributed by atoms with Crippen molar-refractivity contribution in [1.82, 2.24) is 15.3 Å². The van der Waals surface area contributed by atoms with Crippen LogP contribution in [0.2, 0.25) is 0 Å². The highest BCUT2D eigenvalue weighted by molar-refractivity contribution is 6.29. The third-order valence-electron chi connectivity index (χ3n) is 2.64. The number of H-pyrrole nitrogens is 2. The fraction of sp³-hybridized carbons (Fsp3) is 0.250. The zero-order chi connectivity index (χ0) is 12.4. The van der Waals surface area contributed by atoms with E-state index in [0.29, 0.717) is 11.6 Å². The number of nitrogens with one attached hydrogen (secondary N) is 3. The van der Waals surface area contributed by atoms with Crippen molar-refractivity contribution < 1.29 is 0 Å². The molecule has 0 spiro atoms. The minimum atomic E-state index is -0.188. The SMILES string of the molecule is C=C(Cl)CNC(C)c1ccc2[nH]c(=O)[nH]c2c1. The first kappa shape index (κ1) is 12.0. The fourth-order valence-electron chi connectivity index (χ4n) is 1.70. The average Bonchev–Trinajstić information content (AvgIpc) is 2.64. The van der Waals surface area contributed by atoms with E-state index in [-0.39, 0.29) is 11.7 Å². The highest BCUT2D eigenvalue weighted by Crippen LogP contribution is 2.17. The second-order valence-electron chi connectivity index (χ2n) is 4.00. The smallest absolute Gasteiger partial charge is 0.306 e. The van der Waals surface area contributed by atoms with Gasteiger partial charge in [-0.3, -0.25) is 0 Å². The maximum Gasteiger partial charge on any atom is 0.323 e. The second kappa shape index (κ2) is 4.77. The van der Waals surface area contributed by atoms with Crippen LogP contribution in [0.25, 0.3) is 11.0 Å². The molecule has 1 heterocycles. The summed E-state index contributed by atoms with van der Waals surface area (Å²) in [5.74, 6) is 0. The molecule has 0 saturated heterocycles. The molecule has 2 aromatic rings. The van der Waals surface area contributed by atoms with E-state index in [0.717, 1.165) is 16.6 Å². The summed E-state index contributed by atoms with van der Waals surface area (Å²) in [7, 11) is 0. The molecule has 0 radical (unpaired) electrons. The van der Waals surface area contributed by atoms with Gasteiger partial charge in [-0.2, -0.15) is 0 Å². The minimum absolute atomic E-state index is 0.147. The highest BCUT2D eigenvalue weighted by Gasteiger charge is 2.06. The van der Waals surface area contributed by atoms with Crippen LogP contribution in [0.4, 0.5) is 0 Å². The maximum atomic E-state index is 11.1. The summed E-state index contributed by atoms with van der Waals surface area (Å²) in [5, 5.41) is 3.81. The molecule has 3 N–H and O–H groups in total. The van der Waals surface area contributed by atoms with Crippen molar-refractivity contribution >= 4 is 22.6 Å². The Bertz CT molecular complexity index is 599. The third kappa shape index (κ3) is 2.78. The number of halogens is 1. The number of aromatic nitrogens is 2. The van der Waals surface area contributed by atoms with E-state index in [9.17, 15) is 4.79 Å². The van der Waals surface area contributed by atoms with Crippen LogP contribution < -0.4 is 11.0 Å². The summed E-state index contributed by atoms with van der Waals surface area (Å²) in [6.45, 7) is 6.22. The summed E-state index contributed by atoms with van der Waals surface area (Å²) in [6.07, 6.45) is 0. The topological polar surface area (TPSA) is 60.7 Å². The van der Waals surface area contributed by atoms with Crippen LogP contribution >= 0.6 is 11.6 Å². The van der Waals surface area contributed by atoms with Crippen LogP contribution in [0, 0.1) is 0 Å². The molecule has 0 saturated carbocycles. The molecule has 0 aliphatic heterocycles. The molecule has 2 rings (SSSR count). The van der Waals surface area contributed by atoms with Crippen molar-refractivity contribution in [2.24, 2.45) is 0 Å². The zero-order valence-corrected chi connectivity index (χ0v) is 10.3. The number of benzene rings is 1. The highest BCUT2D eigenvalue weighted by atomic mass is 35.5. The lowest BCUT2D eigenvalue weighted by Gasteiger charge is -2.13. The summed E-state index contributed by atoms with van der Waals surface area (Å²) >= 11 is 5.70. The van der Waals surface area contributed by atoms with Crippen LogP contribution in [-0.2, 0) is 0 Å². The second-order valence-corrected chi connectivity index (χ2v) is 4.54. The van der Waals surface area contributed by atoms with E-state index in [1.165, 1.54) is 0 Å². The van der Waals surface area contributed by atoms with Gasteiger partial charge in [0.05, 0.1) is 11.0 Å². The van der Waals surface area contributed by atoms with E-state index in [1.54, 1.807) is 0 Å². The van der Waals surface area contributed by atoms with Gasteiger partial charge in [0, 0.05) is 17.6 Å². The van der Waals surface area contributed by atoms with Crippen LogP contribution in [0.5, 0.6) is 0 Å². The minimum Gasteiger partial charge on any atom is -0.306 e. The van der Waals surface area contributed by atoms with Crippen molar-refractivity contribution in [3.05, 3.63) is 45.9 Å². The van der Waals surface area contributed by atoms with Gasteiger partial charge < -0.3 is 15.3 Å². The molecule has 1 aromatic carbocycles. The Morgan fingerprint density at radius 2 is 2.18 bits per heavy atom. The predicted molar refractivity (Wildman–Crippen MR) is 70.3 cm³/mol. The molecule has 0 fully saturated rings. The molecule has 1 unspecified atom stereocenters. The molecule has 90 valence electrons. The average molecular weight is 252 g/mol. The number of hydrogen-bond donors (Lipinski definition) is 3. The Morgan fingerprint density at radius 3 is 2.88 bits per heavy atom. The van der Waals surface area contributed by atoms with Crippen LogP contribution in [0.1, 0.15) is 18.5 Å². The zero-order valence-electron chi connectivity index (χ0n) is 9.51. The number of aromatic amines is 2. The third-order valence-corrected chi connectivity index (χ3v) is 2.77. The number of hydrogen-bond acceptors (Lipinski definition) is 2. The van der Waals surface area contributed by atoms with Gasteiger partial charge >= 0.3 is 5.69 Å². The van der Waals surface area contributed by atoms with Gasteiger partial charge in [0.2, 0.25) is 0 Å². The number of rotatable bonds is 4. The Hall–Kier alpha value is -1.52. The normalized spacial score (nSPS) is 12.8. The van der Waals surface area contributed by atoms with Crippen molar-refractivity contribution in [2.75, 3.05) is 6.54 Å². The van der Waals surface area contributed by atoms with Gasteiger partial charge in [0.25, 0.3) is 0 Å². The van der Waals surface area contributed by atoms with Crippen molar-refractivity contribution in [3.8, 4) is 0 Å². The molecule has 1 atom stereocenters. The predicted octanol–water partition coefficient (Wildman–Crippen LogP) is 2.26. The quantitative estimate of drug-likeness (QED) is 0.781. The number of imidazole rings is 1. The van der Waals surface area contributed by atoms with Crippen molar-refractivity contribution in [3.63, 3.8) is 0 Å². The van der Waals surface area contributed by atoms with E-state index < -0.39 is 0 Å². The first-order valence-electron chi connectivity index (χ1n) is 5.35. The van der Waals surface area contributed by atoms with Gasteiger partial charge in [-0.15, -0.1) is 0 Å². The van der Waals surface area contributed by atoms with Gasteiger partial charge in [0.15, 0.2) is 0 Å². The summed E-state index contributed by atoms with van der Waals surface area (Å²) < 4.78 is 0. The molecule has 0 amide bonds. The number of fused-ring (bicyclic) bond motifs is 1. The molecular weight excluding hydrogens is 238 g/mol. The Morgan fingerprint density at radius 1 is 1.47 bits per heavy atom. The molecule has 4 nitrogen and oxygen atoms in total. The van der Waals surface area contributed by atoms with Crippen LogP contribution in [-0.4, -0.2) is 16.5 Å².